The van der Waals surface area contributed by atoms with Gasteiger partial charge in [-0.1, -0.05) is 22.9 Å². The number of rotatable bonds is 5. The average molecular weight is 341 g/mol. The first-order valence-corrected chi connectivity index (χ1v) is 7.64. The van der Waals surface area contributed by atoms with Gasteiger partial charge in [0.05, 0.1) is 6.61 Å². The van der Waals surface area contributed by atoms with Crippen LogP contribution in [0.4, 0.5) is 0 Å². The molecule has 1 aromatic carbocycles. The molecule has 1 amide bonds. The monoisotopic (exact) mass is 340 g/mol. The van der Waals surface area contributed by atoms with E-state index in [2.05, 4.69) is 38.3 Å². The fraction of sp³-hybridized carbons (Fsp3) is 0.533. The number of nitrogens with zero attached hydrogens (tertiary/aromatic N) is 1. The number of nitrogens with one attached hydrogen (secondary N) is 1. The van der Waals surface area contributed by atoms with Crippen molar-refractivity contribution < 1.29 is 9.53 Å². The van der Waals surface area contributed by atoms with Crippen molar-refractivity contribution in [2.24, 2.45) is 5.92 Å². The Morgan fingerprint density at radius 2 is 2.30 bits per heavy atom. The fourth-order valence-corrected chi connectivity index (χ4v) is 3.17. The normalized spacial score (nSPS) is 14.8. The summed E-state index contributed by atoms with van der Waals surface area (Å²) >= 11 is 3.55. The minimum absolute atomic E-state index is 0.0221. The Morgan fingerprint density at radius 1 is 1.55 bits per heavy atom. The van der Waals surface area contributed by atoms with Crippen LogP contribution in [-0.4, -0.2) is 38.1 Å². The molecule has 20 heavy (non-hydrogen) atoms. The van der Waals surface area contributed by atoms with Crippen molar-refractivity contribution in [2.75, 3.05) is 27.2 Å². The molecule has 5 heteroatoms. The van der Waals surface area contributed by atoms with E-state index < -0.39 is 0 Å². The van der Waals surface area contributed by atoms with Crippen LogP contribution >= 0.6 is 15.9 Å². The summed E-state index contributed by atoms with van der Waals surface area (Å²) in [7, 11) is 3.70. The van der Waals surface area contributed by atoms with E-state index in [1.54, 1.807) is 7.05 Å². The maximum absolute atomic E-state index is 11.6. The third-order valence-corrected chi connectivity index (χ3v) is 4.00. The van der Waals surface area contributed by atoms with Crippen LogP contribution < -0.4 is 10.1 Å². The van der Waals surface area contributed by atoms with Crippen LogP contribution in [0.2, 0.25) is 0 Å². The van der Waals surface area contributed by atoms with E-state index in [-0.39, 0.29) is 11.8 Å². The minimum atomic E-state index is -0.0221. The molecule has 0 aliphatic carbocycles. The van der Waals surface area contributed by atoms with Crippen molar-refractivity contribution in [3.63, 3.8) is 0 Å². The van der Waals surface area contributed by atoms with Gasteiger partial charge in [0.2, 0.25) is 5.91 Å². The summed E-state index contributed by atoms with van der Waals surface area (Å²) in [6.07, 6.45) is 0.972. The molecule has 0 saturated carbocycles. The average Bonchev–Trinajstić information content (AvgIpc) is 2.85. The van der Waals surface area contributed by atoms with Gasteiger partial charge in [0, 0.05) is 42.5 Å². The van der Waals surface area contributed by atoms with E-state index in [1.807, 2.05) is 14.0 Å². The van der Waals surface area contributed by atoms with Crippen molar-refractivity contribution in [3.05, 3.63) is 27.7 Å². The Kier molecular flexibility index (Phi) is 5.05. The molecule has 1 heterocycles. The van der Waals surface area contributed by atoms with Gasteiger partial charge in [-0.05, 0) is 24.7 Å². The smallest absolute Gasteiger partial charge is 0.223 e. The topological polar surface area (TPSA) is 41.6 Å². The van der Waals surface area contributed by atoms with Crippen molar-refractivity contribution in [3.8, 4) is 5.75 Å². The van der Waals surface area contributed by atoms with E-state index in [4.69, 9.17) is 4.74 Å². The van der Waals surface area contributed by atoms with Crippen LogP contribution in [0.1, 0.15) is 18.1 Å². The van der Waals surface area contributed by atoms with Gasteiger partial charge in [0.25, 0.3) is 0 Å². The molecule has 0 radical (unpaired) electrons. The van der Waals surface area contributed by atoms with Crippen LogP contribution in [0.3, 0.4) is 0 Å². The Bertz CT molecular complexity index is 505. The summed E-state index contributed by atoms with van der Waals surface area (Å²) < 4.78 is 6.82. The van der Waals surface area contributed by atoms with Gasteiger partial charge in [-0.15, -0.1) is 0 Å². The zero-order valence-corrected chi connectivity index (χ0v) is 13.8. The van der Waals surface area contributed by atoms with E-state index in [0.717, 1.165) is 36.3 Å². The van der Waals surface area contributed by atoms with Gasteiger partial charge in [-0.2, -0.15) is 0 Å². The molecule has 0 spiro atoms. The Labute approximate surface area is 128 Å². The van der Waals surface area contributed by atoms with Gasteiger partial charge in [0.1, 0.15) is 5.75 Å². The fourth-order valence-electron chi connectivity index (χ4n) is 2.62. The zero-order chi connectivity index (χ0) is 14.7. The summed E-state index contributed by atoms with van der Waals surface area (Å²) in [4.78, 5) is 13.7. The van der Waals surface area contributed by atoms with Gasteiger partial charge >= 0.3 is 0 Å². The van der Waals surface area contributed by atoms with Gasteiger partial charge < -0.3 is 15.0 Å². The molecule has 1 aromatic rings. The lowest BCUT2D eigenvalue weighted by Crippen LogP contribution is -2.34. The number of carbonyl (C=O) groups excluding carboxylic acids is 1. The third-order valence-electron chi connectivity index (χ3n) is 3.55. The number of hydrogen-bond acceptors (Lipinski definition) is 3. The summed E-state index contributed by atoms with van der Waals surface area (Å²) in [6, 6.07) is 4.23. The van der Waals surface area contributed by atoms with Crippen molar-refractivity contribution in [1.29, 1.82) is 0 Å². The first kappa shape index (κ1) is 15.3. The number of fused-ring (bicyclic) bond motifs is 1. The second-order valence-electron chi connectivity index (χ2n) is 5.36. The first-order valence-electron chi connectivity index (χ1n) is 6.85. The largest absolute Gasteiger partial charge is 0.493 e. The lowest BCUT2D eigenvalue weighted by Gasteiger charge is -2.21. The SMILES string of the molecule is CNC(=O)C(C)CN(C)Cc1cc(Br)cc2c1OCC2. The van der Waals surface area contributed by atoms with Crippen molar-refractivity contribution in [2.45, 2.75) is 19.9 Å². The number of hydrogen-bond donors (Lipinski definition) is 1. The number of halogens is 1. The Hall–Kier alpha value is -1.07. The van der Waals surface area contributed by atoms with Crippen LogP contribution in [0.15, 0.2) is 16.6 Å². The molecular weight excluding hydrogens is 320 g/mol. The van der Waals surface area contributed by atoms with Crippen molar-refractivity contribution in [1.82, 2.24) is 10.2 Å². The predicted molar refractivity (Wildman–Crippen MR) is 82.9 cm³/mol. The number of benzene rings is 1. The maximum Gasteiger partial charge on any atom is 0.223 e. The molecule has 1 aliphatic heterocycles. The molecular formula is C15H21BrN2O2. The van der Waals surface area contributed by atoms with Crippen LogP contribution in [0.25, 0.3) is 0 Å². The lowest BCUT2D eigenvalue weighted by atomic mass is 10.1. The number of ether oxygens (including phenoxy) is 1. The van der Waals surface area contributed by atoms with E-state index in [1.165, 1.54) is 11.1 Å². The number of carbonyl (C=O) groups is 1. The van der Waals surface area contributed by atoms with E-state index >= 15 is 0 Å². The molecule has 110 valence electrons. The molecule has 4 nitrogen and oxygen atoms in total. The molecule has 0 bridgehead atoms. The highest BCUT2D eigenvalue weighted by atomic mass is 79.9. The second kappa shape index (κ2) is 6.59. The number of amides is 1. The molecule has 0 fully saturated rings. The highest BCUT2D eigenvalue weighted by Gasteiger charge is 2.20. The van der Waals surface area contributed by atoms with Crippen LogP contribution in [0.5, 0.6) is 5.75 Å². The van der Waals surface area contributed by atoms with Gasteiger partial charge in [-0.25, -0.2) is 0 Å². The quantitative estimate of drug-likeness (QED) is 0.893. The van der Waals surface area contributed by atoms with E-state index in [9.17, 15) is 4.79 Å². The first-order chi connectivity index (χ1) is 9.51. The van der Waals surface area contributed by atoms with Crippen molar-refractivity contribution >= 4 is 21.8 Å². The maximum atomic E-state index is 11.6. The molecule has 0 aromatic heterocycles. The molecule has 0 saturated heterocycles. The molecule has 1 N–H and O–H groups in total. The van der Waals surface area contributed by atoms with E-state index in [0.29, 0.717) is 0 Å². The Balaban J connectivity index is 2.05. The molecule has 1 atom stereocenters. The highest BCUT2D eigenvalue weighted by molar-refractivity contribution is 9.10. The minimum Gasteiger partial charge on any atom is -0.493 e. The molecule has 2 rings (SSSR count). The molecule has 1 unspecified atom stereocenters. The predicted octanol–water partition coefficient (Wildman–Crippen LogP) is 2.20. The lowest BCUT2D eigenvalue weighted by molar-refractivity contribution is -0.124. The second-order valence-corrected chi connectivity index (χ2v) is 6.28. The van der Waals surface area contributed by atoms with Crippen LogP contribution in [0, 0.1) is 5.92 Å². The summed E-state index contributed by atoms with van der Waals surface area (Å²) in [5.41, 5.74) is 2.45. The standard InChI is InChI=1S/C15H21BrN2O2/c1-10(15(19)17-2)8-18(3)9-12-7-13(16)6-11-4-5-20-14(11)12/h6-7,10H,4-5,8-9H2,1-3H3,(H,17,19). The van der Waals surface area contributed by atoms with Gasteiger partial charge in [-0.3, -0.25) is 4.79 Å². The highest BCUT2D eigenvalue weighted by Crippen LogP contribution is 2.33. The van der Waals surface area contributed by atoms with Crippen LogP contribution in [-0.2, 0) is 17.8 Å². The summed E-state index contributed by atoms with van der Waals surface area (Å²) in [6.45, 7) is 4.21. The third kappa shape index (κ3) is 3.52. The van der Waals surface area contributed by atoms with Gasteiger partial charge in [0.15, 0.2) is 0 Å². The summed E-state index contributed by atoms with van der Waals surface area (Å²) in [5, 5.41) is 2.69. The molecule has 1 aliphatic rings. The summed E-state index contributed by atoms with van der Waals surface area (Å²) in [5.74, 6) is 1.08. The zero-order valence-electron chi connectivity index (χ0n) is 12.2. The Morgan fingerprint density at radius 3 is 3.00 bits per heavy atom.